The van der Waals surface area contributed by atoms with Crippen molar-refractivity contribution < 1.29 is 4.74 Å². The average Bonchev–Trinajstić information content (AvgIpc) is 2.51. The zero-order valence-corrected chi connectivity index (χ0v) is 14.5. The van der Waals surface area contributed by atoms with Gasteiger partial charge < -0.3 is 15.4 Å². The van der Waals surface area contributed by atoms with E-state index in [-0.39, 0.29) is 0 Å². The lowest BCUT2D eigenvalue weighted by molar-refractivity contribution is 0.392. The number of nitrogens with one attached hydrogen (secondary N) is 2. The molecule has 5 nitrogen and oxygen atoms in total. The number of guanidine groups is 1. The summed E-state index contributed by atoms with van der Waals surface area (Å²) in [5.41, 5.74) is 1.01. The average molecular weight is 306 g/mol. The highest BCUT2D eigenvalue weighted by atomic mass is 16.5. The van der Waals surface area contributed by atoms with Crippen molar-refractivity contribution in [3.8, 4) is 5.88 Å². The molecule has 0 radical (unpaired) electrons. The largest absolute Gasteiger partial charge is 0.481 e. The molecule has 1 heterocycles. The van der Waals surface area contributed by atoms with Crippen LogP contribution in [-0.4, -0.2) is 31.1 Å². The van der Waals surface area contributed by atoms with Crippen molar-refractivity contribution in [1.29, 1.82) is 0 Å². The Kier molecular flexibility index (Phi) is 8.33. The minimum absolute atomic E-state index is 0.403. The number of nitrogens with zero attached hydrogens (tertiary/aromatic N) is 2. The van der Waals surface area contributed by atoms with Crippen molar-refractivity contribution in [2.24, 2.45) is 10.9 Å². The van der Waals surface area contributed by atoms with E-state index in [0.717, 1.165) is 23.9 Å². The molecule has 22 heavy (non-hydrogen) atoms. The lowest BCUT2D eigenvalue weighted by Crippen LogP contribution is -2.41. The quantitative estimate of drug-likeness (QED) is 0.572. The number of hydrogen-bond acceptors (Lipinski definition) is 3. The number of rotatable bonds is 8. The first-order valence-electron chi connectivity index (χ1n) is 8.01. The molecular formula is C17H30N4O. The standard InChI is InChI=1S/C17H30N4O/c1-13(2)8-6-9-14(3)21-17(18-4)20-12-15-10-7-11-19-16(15)22-5/h7,10-11,13-14H,6,8-9,12H2,1-5H3,(H2,18,20,21). The number of ether oxygens (including phenoxy) is 1. The first-order valence-corrected chi connectivity index (χ1v) is 8.01. The minimum atomic E-state index is 0.403. The fraction of sp³-hybridized carbons (Fsp3) is 0.647. The van der Waals surface area contributed by atoms with Crippen LogP contribution in [0.15, 0.2) is 23.3 Å². The van der Waals surface area contributed by atoms with Gasteiger partial charge in [0.1, 0.15) is 0 Å². The van der Waals surface area contributed by atoms with Gasteiger partial charge in [0, 0.05) is 31.4 Å². The highest BCUT2D eigenvalue weighted by molar-refractivity contribution is 5.79. The van der Waals surface area contributed by atoms with Crippen molar-refractivity contribution in [1.82, 2.24) is 15.6 Å². The van der Waals surface area contributed by atoms with Gasteiger partial charge in [-0.15, -0.1) is 0 Å². The molecule has 124 valence electrons. The van der Waals surface area contributed by atoms with E-state index in [1.807, 2.05) is 12.1 Å². The van der Waals surface area contributed by atoms with Crippen LogP contribution in [0.25, 0.3) is 0 Å². The highest BCUT2D eigenvalue weighted by Crippen LogP contribution is 2.12. The van der Waals surface area contributed by atoms with E-state index in [2.05, 4.69) is 41.4 Å². The Morgan fingerprint density at radius 2 is 2.09 bits per heavy atom. The lowest BCUT2D eigenvalue weighted by Gasteiger charge is -2.18. The number of pyridine rings is 1. The van der Waals surface area contributed by atoms with Gasteiger partial charge in [-0.2, -0.15) is 0 Å². The van der Waals surface area contributed by atoms with Crippen LogP contribution < -0.4 is 15.4 Å². The van der Waals surface area contributed by atoms with E-state index in [1.165, 1.54) is 12.8 Å². The lowest BCUT2D eigenvalue weighted by atomic mass is 10.0. The van der Waals surface area contributed by atoms with Crippen molar-refractivity contribution in [2.45, 2.75) is 52.6 Å². The fourth-order valence-corrected chi connectivity index (χ4v) is 2.25. The predicted molar refractivity (Wildman–Crippen MR) is 92.3 cm³/mol. The SMILES string of the molecule is CN=C(NCc1cccnc1OC)NC(C)CCCC(C)C. The number of hydrogen-bond donors (Lipinski definition) is 2. The zero-order chi connectivity index (χ0) is 16.4. The molecule has 0 aliphatic carbocycles. The molecule has 2 N–H and O–H groups in total. The Morgan fingerprint density at radius 1 is 1.32 bits per heavy atom. The molecule has 1 aromatic heterocycles. The van der Waals surface area contributed by atoms with E-state index in [0.29, 0.717) is 18.5 Å². The first kappa shape index (κ1) is 18.3. The summed E-state index contributed by atoms with van der Waals surface area (Å²) in [5, 5.41) is 6.74. The van der Waals surface area contributed by atoms with Crippen LogP contribution >= 0.6 is 0 Å². The third-order valence-corrected chi connectivity index (χ3v) is 3.51. The van der Waals surface area contributed by atoms with Gasteiger partial charge in [-0.3, -0.25) is 4.99 Å². The topological polar surface area (TPSA) is 58.5 Å². The van der Waals surface area contributed by atoms with Crippen molar-refractivity contribution in [3.63, 3.8) is 0 Å². The summed E-state index contributed by atoms with van der Waals surface area (Å²) in [7, 11) is 3.42. The van der Waals surface area contributed by atoms with Crippen molar-refractivity contribution >= 4 is 5.96 Å². The van der Waals surface area contributed by atoms with Crippen molar-refractivity contribution in [2.75, 3.05) is 14.2 Å². The Morgan fingerprint density at radius 3 is 2.73 bits per heavy atom. The Bertz CT molecular complexity index is 460. The number of methoxy groups -OCH3 is 1. The minimum Gasteiger partial charge on any atom is -0.481 e. The summed E-state index contributed by atoms with van der Waals surface area (Å²) in [6.45, 7) is 7.35. The van der Waals surface area contributed by atoms with Gasteiger partial charge in [-0.25, -0.2) is 4.98 Å². The molecule has 1 rings (SSSR count). The van der Waals surface area contributed by atoms with Crippen LogP contribution in [0.4, 0.5) is 0 Å². The predicted octanol–water partition coefficient (Wildman–Crippen LogP) is 2.97. The molecule has 0 spiro atoms. The maximum Gasteiger partial charge on any atom is 0.218 e. The third kappa shape index (κ3) is 6.78. The van der Waals surface area contributed by atoms with Crippen LogP contribution in [0, 0.1) is 5.92 Å². The number of aliphatic imine (C=N–C) groups is 1. The van der Waals surface area contributed by atoms with E-state index < -0.39 is 0 Å². The van der Waals surface area contributed by atoms with Crippen LogP contribution in [0.2, 0.25) is 0 Å². The second-order valence-corrected chi connectivity index (χ2v) is 5.97. The normalized spacial score (nSPS) is 13.1. The maximum atomic E-state index is 5.26. The second-order valence-electron chi connectivity index (χ2n) is 5.97. The van der Waals surface area contributed by atoms with Crippen LogP contribution in [0.5, 0.6) is 5.88 Å². The maximum absolute atomic E-state index is 5.26. The summed E-state index contributed by atoms with van der Waals surface area (Å²) in [5.74, 6) is 2.22. The van der Waals surface area contributed by atoms with Gasteiger partial charge in [0.2, 0.25) is 5.88 Å². The molecule has 0 aliphatic rings. The fourth-order valence-electron chi connectivity index (χ4n) is 2.25. The molecule has 1 unspecified atom stereocenters. The summed E-state index contributed by atoms with van der Waals surface area (Å²) < 4.78 is 5.26. The molecule has 0 saturated heterocycles. The van der Waals surface area contributed by atoms with Crippen LogP contribution in [-0.2, 0) is 6.54 Å². The highest BCUT2D eigenvalue weighted by Gasteiger charge is 2.08. The molecule has 0 aliphatic heterocycles. The van der Waals surface area contributed by atoms with Crippen molar-refractivity contribution in [3.05, 3.63) is 23.9 Å². The molecule has 0 bridgehead atoms. The number of aromatic nitrogens is 1. The van der Waals surface area contributed by atoms with E-state index in [4.69, 9.17) is 4.74 Å². The van der Waals surface area contributed by atoms with E-state index >= 15 is 0 Å². The smallest absolute Gasteiger partial charge is 0.218 e. The molecular weight excluding hydrogens is 276 g/mol. The van der Waals surface area contributed by atoms with Gasteiger partial charge in [0.05, 0.1) is 7.11 Å². The molecule has 0 aromatic carbocycles. The zero-order valence-electron chi connectivity index (χ0n) is 14.5. The summed E-state index contributed by atoms with van der Waals surface area (Å²) in [6, 6.07) is 4.31. The monoisotopic (exact) mass is 306 g/mol. The third-order valence-electron chi connectivity index (χ3n) is 3.51. The molecule has 5 heteroatoms. The molecule has 0 saturated carbocycles. The molecule has 1 aromatic rings. The summed E-state index contributed by atoms with van der Waals surface area (Å²) in [4.78, 5) is 8.47. The molecule has 1 atom stereocenters. The van der Waals surface area contributed by atoms with Gasteiger partial charge in [0.25, 0.3) is 0 Å². The molecule has 0 amide bonds. The summed E-state index contributed by atoms with van der Waals surface area (Å²) >= 11 is 0. The Balaban J connectivity index is 2.42. The van der Waals surface area contributed by atoms with E-state index in [1.54, 1.807) is 20.4 Å². The van der Waals surface area contributed by atoms with E-state index in [9.17, 15) is 0 Å². The Labute approximate surface area is 134 Å². The Hall–Kier alpha value is -1.78. The van der Waals surface area contributed by atoms with Gasteiger partial charge in [0.15, 0.2) is 5.96 Å². The summed E-state index contributed by atoms with van der Waals surface area (Å²) in [6.07, 6.45) is 5.38. The van der Waals surface area contributed by atoms with Crippen LogP contribution in [0.1, 0.15) is 45.6 Å². The van der Waals surface area contributed by atoms with Gasteiger partial charge in [-0.1, -0.05) is 32.8 Å². The first-order chi connectivity index (χ1) is 10.6. The van der Waals surface area contributed by atoms with Crippen LogP contribution in [0.3, 0.4) is 0 Å². The van der Waals surface area contributed by atoms with Gasteiger partial charge in [-0.05, 0) is 25.3 Å². The second kappa shape index (κ2) is 10.0. The van der Waals surface area contributed by atoms with Gasteiger partial charge >= 0.3 is 0 Å². The molecule has 0 fully saturated rings.